The van der Waals surface area contributed by atoms with E-state index in [1.54, 1.807) is 11.8 Å². The quantitative estimate of drug-likeness (QED) is 0.849. The lowest BCUT2D eigenvalue weighted by Gasteiger charge is -2.09. The van der Waals surface area contributed by atoms with E-state index >= 15 is 0 Å². The molecule has 0 aliphatic rings. The highest BCUT2D eigenvalue weighted by Crippen LogP contribution is 2.23. The molecule has 5 heteroatoms. The summed E-state index contributed by atoms with van der Waals surface area (Å²) in [4.78, 5) is 5.54. The Labute approximate surface area is 117 Å². The zero-order valence-electron chi connectivity index (χ0n) is 11.5. The zero-order chi connectivity index (χ0) is 13.8. The normalized spacial score (nSPS) is 12.9. The van der Waals surface area contributed by atoms with Crippen molar-refractivity contribution in [3.8, 4) is 0 Å². The SMILES string of the molecule is Cc1ccc(SCc2noc([C@H](N)C(C)C)n2)cc1. The molecular weight excluding hydrogens is 258 g/mol. The maximum Gasteiger partial charge on any atom is 0.243 e. The Morgan fingerprint density at radius 2 is 1.95 bits per heavy atom. The third-order valence-electron chi connectivity index (χ3n) is 2.88. The summed E-state index contributed by atoms with van der Waals surface area (Å²) in [5.74, 6) is 2.20. The highest BCUT2D eigenvalue weighted by Gasteiger charge is 2.17. The number of nitrogens with two attached hydrogens (primary N) is 1. The molecule has 2 aromatic rings. The van der Waals surface area contributed by atoms with Gasteiger partial charge < -0.3 is 10.3 Å². The number of thioether (sulfide) groups is 1. The van der Waals surface area contributed by atoms with Gasteiger partial charge in [0.15, 0.2) is 5.82 Å². The van der Waals surface area contributed by atoms with Crippen molar-refractivity contribution in [2.75, 3.05) is 0 Å². The average molecular weight is 277 g/mol. The number of hydrogen-bond donors (Lipinski definition) is 1. The summed E-state index contributed by atoms with van der Waals surface area (Å²) >= 11 is 1.69. The van der Waals surface area contributed by atoms with Crippen LogP contribution in [-0.2, 0) is 5.75 Å². The van der Waals surface area contributed by atoms with Gasteiger partial charge in [0.05, 0.1) is 11.8 Å². The molecule has 19 heavy (non-hydrogen) atoms. The first-order chi connectivity index (χ1) is 9.06. The van der Waals surface area contributed by atoms with E-state index in [0.29, 0.717) is 17.5 Å². The van der Waals surface area contributed by atoms with Crippen LogP contribution in [0.1, 0.15) is 37.2 Å². The van der Waals surface area contributed by atoms with Gasteiger partial charge in [0.1, 0.15) is 0 Å². The molecule has 0 unspecified atom stereocenters. The number of nitrogens with zero attached hydrogens (tertiary/aromatic N) is 2. The van der Waals surface area contributed by atoms with Crippen LogP contribution < -0.4 is 5.73 Å². The summed E-state index contributed by atoms with van der Waals surface area (Å²) in [6.45, 7) is 6.15. The molecule has 102 valence electrons. The Hall–Kier alpha value is -1.33. The monoisotopic (exact) mass is 277 g/mol. The molecule has 0 aliphatic heterocycles. The van der Waals surface area contributed by atoms with Gasteiger partial charge in [0.2, 0.25) is 5.89 Å². The van der Waals surface area contributed by atoms with Crippen LogP contribution in [-0.4, -0.2) is 10.1 Å². The van der Waals surface area contributed by atoms with Gasteiger partial charge in [-0.15, -0.1) is 11.8 Å². The van der Waals surface area contributed by atoms with E-state index in [-0.39, 0.29) is 12.0 Å². The lowest BCUT2D eigenvalue weighted by molar-refractivity contribution is 0.323. The van der Waals surface area contributed by atoms with Gasteiger partial charge in [0, 0.05) is 4.90 Å². The second kappa shape index (κ2) is 6.21. The van der Waals surface area contributed by atoms with Gasteiger partial charge in [-0.2, -0.15) is 4.98 Å². The largest absolute Gasteiger partial charge is 0.338 e. The molecule has 1 atom stereocenters. The van der Waals surface area contributed by atoms with E-state index in [4.69, 9.17) is 10.3 Å². The Morgan fingerprint density at radius 3 is 2.58 bits per heavy atom. The first-order valence-corrected chi connectivity index (χ1v) is 7.32. The van der Waals surface area contributed by atoms with Crippen molar-refractivity contribution in [2.24, 2.45) is 11.7 Å². The van der Waals surface area contributed by atoms with Crippen molar-refractivity contribution < 1.29 is 4.52 Å². The Balaban J connectivity index is 1.95. The highest BCUT2D eigenvalue weighted by atomic mass is 32.2. The molecule has 2 rings (SSSR count). The predicted molar refractivity (Wildman–Crippen MR) is 76.8 cm³/mol. The van der Waals surface area contributed by atoms with E-state index in [1.165, 1.54) is 10.5 Å². The number of aryl methyl sites for hydroxylation is 1. The first-order valence-electron chi connectivity index (χ1n) is 6.34. The van der Waals surface area contributed by atoms with E-state index in [2.05, 4.69) is 41.3 Å². The van der Waals surface area contributed by atoms with Crippen molar-refractivity contribution in [1.82, 2.24) is 10.1 Å². The van der Waals surface area contributed by atoms with Gasteiger partial charge in [-0.25, -0.2) is 0 Å². The topological polar surface area (TPSA) is 64.9 Å². The van der Waals surface area contributed by atoms with Crippen LogP contribution in [0.25, 0.3) is 0 Å². The van der Waals surface area contributed by atoms with E-state index in [1.807, 2.05) is 13.8 Å². The van der Waals surface area contributed by atoms with Gasteiger partial charge >= 0.3 is 0 Å². The summed E-state index contributed by atoms with van der Waals surface area (Å²) in [6.07, 6.45) is 0. The van der Waals surface area contributed by atoms with Crippen molar-refractivity contribution in [2.45, 2.75) is 37.5 Å². The van der Waals surface area contributed by atoms with E-state index in [0.717, 1.165) is 0 Å². The van der Waals surface area contributed by atoms with Crippen LogP contribution in [0.15, 0.2) is 33.7 Å². The molecule has 4 nitrogen and oxygen atoms in total. The number of hydrogen-bond acceptors (Lipinski definition) is 5. The summed E-state index contributed by atoms with van der Waals surface area (Å²) in [7, 11) is 0. The molecule has 0 fully saturated rings. The van der Waals surface area contributed by atoms with Gasteiger partial charge in [-0.1, -0.05) is 36.7 Å². The average Bonchev–Trinajstić information content (AvgIpc) is 2.86. The maximum atomic E-state index is 5.97. The minimum absolute atomic E-state index is 0.189. The van der Waals surface area contributed by atoms with Crippen LogP contribution >= 0.6 is 11.8 Å². The Bertz CT molecular complexity index is 522. The van der Waals surface area contributed by atoms with Crippen molar-refractivity contribution >= 4 is 11.8 Å². The van der Waals surface area contributed by atoms with Gasteiger partial charge in [0.25, 0.3) is 0 Å². The predicted octanol–water partition coefficient (Wildman–Crippen LogP) is 3.33. The molecule has 0 aliphatic carbocycles. The molecule has 0 spiro atoms. The van der Waals surface area contributed by atoms with Crippen LogP contribution in [0.4, 0.5) is 0 Å². The fraction of sp³-hybridized carbons (Fsp3) is 0.429. The number of rotatable bonds is 5. The fourth-order valence-corrected chi connectivity index (χ4v) is 2.27. The van der Waals surface area contributed by atoms with Crippen molar-refractivity contribution in [1.29, 1.82) is 0 Å². The minimum atomic E-state index is -0.189. The molecule has 0 bridgehead atoms. The molecule has 0 amide bonds. The molecule has 0 saturated carbocycles. The molecule has 0 saturated heterocycles. The molecule has 1 aromatic heterocycles. The highest BCUT2D eigenvalue weighted by molar-refractivity contribution is 7.98. The molecule has 1 aromatic carbocycles. The molecular formula is C14H19N3OS. The van der Waals surface area contributed by atoms with Crippen LogP contribution in [0.5, 0.6) is 0 Å². The minimum Gasteiger partial charge on any atom is -0.338 e. The lowest BCUT2D eigenvalue weighted by atomic mass is 10.1. The van der Waals surface area contributed by atoms with Crippen LogP contribution in [0.2, 0.25) is 0 Å². The second-order valence-electron chi connectivity index (χ2n) is 4.92. The third kappa shape index (κ3) is 3.81. The Kier molecular flexibility index (Phi) is 4.61. The zero-order valence-corrected chi connectivity index (χ0v) is 12.3. The van der Waals surface area contributed by atoms with Gasteiger partial charge in [-0.3, -0.25) is 0 Å². The summed E-state index contributed by atoms with van der Waals surface area (Å²) in [6, 6.07) is 8.20. The van der Waals surface area contributed by atoms with Crippen molar-refractivity contribution in [3.05, 3.63) is 41.5 Å². The third-order valence-corrected chi connectivity index (χ3v) is 3.88. The summed E-state index contributed by atoms with van der Waals surface area (Å²) in [5.41, 5.74) is 7.23. The van der Waals surface area contributed by atoms with Crippen LogP contribution in [0.3, 0.4) is 0 Å². The number of aromatic nitrogens is 2. The summed E-state index contributed by atoms with van der Waals surface area (Å²) < 4.78 is 5.20. The first kappa shape index (κ1) is 14.1. The fourth-order valence-electron chi connectivity index (χ4n) is 1.53. The van der Waals surface area contributed by atoms with Crippen molar-refractivity contribution in [3.63, 3.8) is 0 Å². The van der Waals surface area contributed by atoms with Crippen LogP contribution in [0, 0.1) is 12.8 Å². The molecule has 2 N–H and O–H groups in total. The molecule has 0 radical (unpaired) electrons. The number of benzene rings is 1. The lowest BCUT2D eigenvalue weighted by Crippen LogP contribution is -2.17. The van der Waals surface area contributed by atoms with E-state index < -0.39 is 0 Å². The van der Waals surface area contributed by atoms with Gasteiger partial charge in [-0.05, 0) is 25.0 Å². The van der Waals surface area contributed by atoms with E-state index in [9.17, 15) is 0 Å². The maximum absolute atomic E-state index is 5.97. The smallest absolute Gasteiger partial charge is 0.243 e. The Morgan fingerprint density at radius 1 is 1.26 bits per heavy atom. The molecule has 1 heterocycles. The summed E-state index contributed by atoms with van der Waals surface area (Å²) in [5, 5.41) is 3.97. The second-order valence-corrected chi connectivity index (χ2v) is 5.97. The standard InChI is InChI=1S/C14H19N3OS/c1-9(2)13(15)14-16-12(17-18-14)8-19-11-6-4-10(3)5-7-11/h4-7,9,13H,8,15H2,1-3H3/t13-/m1/s1.